The Bertz CT molecular complexity index is 1690. The Hall–Kier alpha value is -4.63. The van der Waals surface area contributed by atoms with E-state index in [4.69, 9.17) is 24.2 Å². The molecule has 0 bridgehead atoms. The number of nitrogens with zero attached hydrogens (tertiary/aromatic N) is 5. The lowest BCUT2D eigenvalue weighted by molar-refractivity contribution is -0.155. The van der Waals surface area contributed by atoms with Crippen molar-refractivity contribution in [2.75, 3.05) is 47.2 Å². The van der Waals surface area contributed by atoms with E-state index in [1.165, 1.54) is 25.6 Å². The van der Waals surface area contributed by atoms with E-state index >= 15 is 0 Å². The summed E-state index contributed by atoms with van der Waals surface area (Å²) in [6.45, 7) is 2.17. The van der Waals surface area contributed by atoms with E-state index < -0.39 is 24.6 Å². The molecule has 248 valence electrons. The fourth-order valence-corrected chi connectivity index (χ4v) is 5.55. The zero-order valence-electron chi connectivity index (χ0n) is 26.3. The van der Waals surface area contributed by atoms with Crippen LogP contribution in [0.4, 0.5) is 8.78 Å². The third kappa shape index (κ3) is 8.03. The number of hydrogen-bond donors (Lipinski definition) is 1. The van der Waals surface area contributed by atoms with Gasteiger partial charge < -0.3 is 9.47 Å². The molecule has 1 aromatic carbocycles. The Labute approximate surface area is 270 Å². The Morgan fingerprint density at radius 1 is 1.11 bits per heavy atom. The van der Waals surface area contributed by atoms with Crippen LogP contribution in [0, 0.1) is 18.8 Å². The molecule has 1 fully saturated rings. The van der Waals surface area contributed by atoms with Crippen LogP contribution in [0.2, 0.25) is 0 Å². The zero-order valence-corrected chi connectivity index (χ0v) is 26.3. The van der Waals surface area contributed by atoms with Crippen LogP contribution in [0.5, 0.6) is 5.88 Å². The van der Waals surface area contributed by atoms with Gasteiger partial charge in [0.2, 0.25) is 11.8 Å². The van der Waals surface area contributed by atoms with Crippen molar-refractivity contribution in [3.05, 3.63) is 89.3 Å². The number of aromatic nitrogens is 4. The lowest BCUT2D eigenvalue weighted by atomic mass is 9.91. The van der Waals surface area contributed by atoms with Crippen LogP contribution in [0.15, 0.2) is 60.9 Å². The van der Waals surface area contributed by atoms with Crippen LogP contribution >= 0.6 is 0 Å². The van der Waals surface area contributed by atoms with E-state index in [0.717, 1.165) is 5.69 Å². The number of carbonyl (C=O) groups is 2. The maximum Gasteiger partial charge on any atom is 0.280 e. The fraction of sp³-hybridized carbons (Fsp3) is 0.364. The third-order valence-corrected chi connectivity index (χ3v) is 7.76. The predicted octanol–water partition coefficient (Wildman–Crippen LogP) is 4.17. The first-order valence-corrected chi connectivity index (χ1v) is 15.0. The molecular formula is C33H36F2N6O6. The van der Waals surface area contributed by atoms with E-state index in [2.05, 4.69) is 15.4 Å². The number of methoxy groups -OCH3 is 2. The monoisotopic (exact) mass is 650 g/mol. The topological polar surface area (TPSA) is 130 Å². The SMILES string of the molecule is COCCN1C[C@@H](CC(=O)Cc2c(C)c(-c3cnc(OC)c(C(=O)NOCCF)c3)nn2-c2ccccc2)[C@H](c2ccnc(F)c2)O1. The molecule has 1 aliphatic heterocycles. The summed E-state index contributed by atoms with van der Waals surface area (Å²) in [5, 5.41) is 6.61. The van der Waals surface area contributed by atoms with Crippen molar-refractivity contribution in [1.82, 2.24) is 30.3 Å². The Kier molecular flexibility index (Phi) is 11.3. The normalized spacial score (nSPS) is 16.4. The molecule has 0 radical (unpaired) electrons. The number of para-hydroxylation sites is 1. The predicted molar refractivity (Wildman–Crippen MR) is 166 cm³/mol. The van der Waals surface area contributed by atoms with Gasteiger partial charge in [-0.15, -0.1) is 0 Å². The lowest BCUT2D eigenvalue weighted by Crippen LogP contribution is -2.25. The van der Waals surface area contributed by atoms with Gasteiger partial charge in [0, 0.05) is 56.9 Å². The van der Waals surface area contributed by atoms with Crippen LogP contribution in [0.25, 0.3) is 16.9 Å². The van der Waals surface area contributed by atoms with E-state index in [-0.39, 0.29) is 42.6 Å². The van der Waals surface area contributed by atoms with Crippen molar-refractivity contribution in [2.24, 2.45) is 5.92 Å². The van der Waals surface area contributed by atoms with Gasteiger partial charge in [-0.05, 0) is 48.4 Å². The second kappa shape index (κ2) is 15.8. The van der Waals surface area contributed by atoms with Gasteiger partial charge in [0.15, 0.2) is 0 Å². The van der Waals surface area contributed by atoms with E-state index in [1.807, 2.05) is 37.3 Å². The summed E-state index contributed by atoms with van der Waals surface area (Å²) in [7, 11) is 2.97. The molecule has 14 heteroatoms. The highest BCUT2D eigenvalue weighted by molar-refractivity contribution is 5.97. The Morgan fingerprint density at radius 3 is 2.64 bits per heavy atom. The summed E-state index contributed by atoms with van der Waals surface area (Å²) in [5.74, 6) is -1.55. The van der Waals surface area contributed by atoms with Crippen LogP contribution in [0.3, 0.4) is 0 Å². The molecule has 5 rings (SSSR count). The van der Waals surface area contributed by atoms with Crippen molar-refractivity contribution >= 4 is 11.7 Å². The minimum Gasteiger partial charge on any atom is -0.480 e. The number of amides is 1. The number of ether oxygens (including phenoxy) is 2. The Balaban J connectivity index is 1.45. The van der Waals surface area contributed by atoms with Crippen LogP contribution in [-0.4, -0.2) is 83.7 Å². The molecule has 0 saturated carbocycles. The summed E-state index contributed by atoms with van der Waals surface area (Å²) >= 11 is 0. The number of hydroxylamine groups is 3. The molecule has 2 atom stereocenters. The average Bonchev–Trinajstić information content (AvgIpc) is 3.63. The molecule has 1 amide bonds. The molecule has 12 nitrogen and oxygen atoms in total. The minimum absolute atomic E-state index is 0.0487. The van der Waals surface area contributed by atoms with Crippen molar-refractivity contribution in [2.45, 2.75) is 25.9 Å². The molecule has 47 heavy (non-hydrogen) atoms. The number of halogens is 2. The molecule has 1 aliphatic rings. The van der Waals surface area contributed by atoms with Crippen LogP contribution in [-0.2, 0) is 25.6 Å². The standard InChI is InChI=1S/C33H36F2N6O6/c1-21-28(18-26(42)15-24-20-40(12-14-44-2)47-31(24)22-9-11-36-29(35)17-22)41(25-7-5-4-6-8-25)38-30(21)23-16-27(33(45-3)37-19-23)32(43)39-46-13-10-34/h4-9,11,16-17,19,24,31H,10,12-15,18,20H2,1-3H3,(H,39,43)/t24-,31+/m1/s1. The van der Waals surface area contributed by atoms with Gasteiger partial charge in [0.05, 0.1) is 30.8 Å². The van der Waals surface area contributed by atoms with Crippen molar-refractivity contribution in [1.29, 1.82) is 0 Å². The van der Waals surface area contributed by atoms with Gasteiger partial charge in [0.1, 0.15) is 30.7 Å². The number of hydrogen-bond acceptors (Lipinski definition) is 10. The van der Waals surface area contributed by atoms with Crippen molar-refractivity contribution < 1.29 is 37.5 Å². The molecule has 0 unspecified atom stereocenters. The van der Waals surface area contributed by atoms with E-state index in [9.17, 15) is 18.4 Å². The third-order valence-electron chi connectivity index (χ3n) is 7.76. The molecule has 4 aromatic rings. The maximum atomic E-state index is 14.0. The number of benzene rings is 1. The van der Waals surface area contributed by atoms with Gasteiger partial charge in [0.25, 0.3) is 5.91 Å². The first kappa shape index (κ1) is 33.7. The highest BCUT2D eigenvalue weighted by Crippen LogP contribution is 2.37. The zero-order chi connectivity index (χ0) is 33.3. The van der Waals surface area contributed by atoms with Gasteiger partial charge in [-0.3, -0.25) is 19.3 Å². The first-order chi connectivity index (χ1) is 22.8. The second-order valence-electron chi connectivity index (χ2n) is 10.9. The minimum atomic E-state index is -0.768. The van der Waals surface area contributed by atoms with E-state index in [0.29, 0.717) is 47.8 Å². The number of alkyl halides is 1. The average molecular weight is 651 g/mol. The lowest BCUT2D eigenvalue weighted by Gasteiger charge is -2.17. The fourth-order valence-electron chi connectivity index (χ4n) is 5.55. The van der Waals surface area contributed by atoms with Gasteiger partial charge in [-0.2, -0.15) is 14.6 Å². The molecule has 1 N–H and O–H groups in total. The smallest absolute Gasteiger partial charge is 0.280 e. The summed E-state index contributed by atoms with van der Waals surface area (Å²) in [6.07, 6.45) is 2.59. The van der Waals surface area contributed by atoms with Crippen molar-refractivity contribution in [3.8, 4) is 22.8 Å². The second-order valence-corrected chi connectivity index (χ2v) is 10.9. The summed E-state index contributed by atoms with van der Waals surface area (Å²) in [6, 6.07) is 14.0. The summed E-state index contributed by atoms with van der Waals surface area (Å²) in [4.78, 5) is 45.6. The summed E-state index contributed by atoms with van der Waals surface area (Å²) < 4.78 is 38.7. The number of pyridine rings is 2. The van der Waals surface area contributed by atoms with Gasteiger partial charge in [-0.25, -0.2) is 24.5 Å². The molecular weight excluding hydrogens is 614 g/mol. The number of ketones is 1. The molecule has 4 heterocycles. The van der Waals surface area contributed by atoms with Crippen molar-refractivity contribution in [3.63, 3.8) is 0 Å². The van der Waals surface area contributed by atoms with Crippen LogP contribution < -0.4 is 10.2 Å². The number of nitrogens with one attached hydrogen (secondary N) is 1. The highest BCUT2D eigenvalue weighted by atomic mass is 19.1. The molecule has 0 aliphatic carbocycles. The largest absolute Gasteiger partial charge is 0.480 e. The number of rotatable bonds is 15. The maximum absolute atomic E-state index is 14.0. The number of carbonyl (C=O) groups excluding carboxylic acids is 2. The summed E-state index contributed by atoms with van der Waals surface area (Å²) in [5.41, 5.74) is 5.97. The quantitative estimate of drug-likeness (QED) is 0.114. The van der Waals surface area contributed by atoms with E-state index in [1.54, 1.807) is 29.0 Å². The van der Waals surface area contributed by atoms with Crippen LogP contribution in [0.1, 0.15) is 39.7 Å². The van der Waals surface area contributed by atoms with Gasteiger partial charge >= 0.3 is 0 Å². The molecule has 1 saturated heterocycles. The first-order valence-electron chi connectivity index (χ1n) is 15.0. The van der Waals surface area contributed by atoms with Gasteiger partial charge in [-0.1, -0.05) is 18.2 Å². The number of Topliss-reactive ketones (excluding diaryl/α,β-unsaturated/α-hetero) is 1. The molecule has 0 spiro atoms. The molecule has 3 aromatic heterocycles. The highest BCUT2D eigenvalue weighted by Gasteiger charge is 2.37. The Morgan fingerprint density at radius 2 is 1.91 bits per heavy atom.